The molecule has 3 aromatic rings. The summed E-state index contributed by atoms with van der Waals surface area (Å²) in [6.07, 6.45) is 0. The van der Waals surface area contributed by atoms with Gasteiger partial charge in [0.05, 0.1) is 0 Å². The molecule has 0 unspecified atom stereocenters. The molecule has 0 saturated heterocycles. The number of aryl methyl sites for hydroxylation is 1. The maximum atomic E-state index is 3.56. The first-order chi connectivity index (χ1) is 11.1. The molecule has 0 aliphatic carbocycles. The van der Waals surface area contributed by atoms with Crippen molar-refractivity contribution >= 4 is 11.4 Å². The molecule has 0 aliphatic rings. The summed E-state index contributed by atoms with van der Waals surface area (Å²) in [6, 6.07) is 27.7. The number of hydrogen-bond donors (Lipinski definition) is 1. The van der Waals surface area contributed by atoms with E-state index in [1.807, 2.05) is 6.07 Å². The second-order valence-electron chi connectivity index (χ2n) is 6.53. The van der Waals surface area contributed by atoms with Gasteiger partial charge in [-0.1, -0.05) is 80.1 Å². The molecule has 1 N–H and O–H groups in total. The highest BCUT2D eigenvalue weighted by Crippen LogP contribution is 2.37. The summed E-state index contributed by atoms with van der Waals surface area (Å²) in [5.74, 6) is 0. The fourth-order valence-electron chi connectivity index (χ4n) is 2.94. The number of rotatable bonds is 4. The summed E-state index contributed by atoms with van der Waals surface area (Å²) in [6.45, 7) is 6.69. The number of benzene rings is 3. The Balaban J connectivity index is 2.00. The predicted octanol–water partition coefficient (Wildman–Crippen LogP) is 6.06. The average Bonchev–Trinajstić information content (AvgIpc) is 2.56. The van der Waals surface area contributed by atoms with Crippen molar-refractivity contribution in [3.63, 3.8) is 0 Å². The van der Waals surface area contributed by atoms with Crippen molar-refractivity contribution in [1.82, 2.24) is 0 Å². The van der Waals surface area contributed by atoms with Crippen LogP contribution >= 0.6 is 0 Å². The van der Waals surface area contributed by atoms with E-state index < -0.39 is 0 Å². The molecule has 0 bridgehead atoms. The third-order valence-corrected chi connectivity index (χ3v) is 4.43. The molecule has 23 heavy (non-hydrogen) atoms. The van der Waals surface area contributed by atoms with Gasteiger partial charge in [0.2, 0.25) is 0 Å². The van der Waals surface area contributed by atoms with Crippen LogP contribution in [-0.4, -0.2) is 0 Å². The second kappa shape index (κ2) is 6.29. The Morgan fingerprint density at radius 3 is 2.00 bits per heavy atom. The van der Waals surface area contributed by atoms with E-state index in [9.17, 15) is 0 Å². The van der Waals surface area contributed by atoms with E-state index >= 15 is 0 Å². The largest absolute Gasteiger partial charge is 0.355 e. The molecule has 0 saturated carbocycles. The van der Waals surface area contributed by atoms with E-state index in [0.29, 0.717) is 0 Å². The fraction of sp³-hybridized carbons (Fsp3) is 0.182. The third kappa shape index (κ3) is 3.29. The Kier molecular flexibility index (Phi) is 4.20. The van der Waals surface area contributed by atoms with Crippen LogP contribution in [0.25, 0.3) is 0 Å². The quantitative estimate of drug-likeness (QED) is 0.617. The lowest BCUT2D eigenvalue weighted by Gasteiger charge is -2.29. The average molecular weight is 301 g/mol. The fourth-order valence-corrected chi connectivity index (χ4v) is 2.94. The zero-order chi connectivity index (χ0) is 16.3. The van der Waals surface area contributed by atoms with Crippen LogP contribution in [0.3, 0.4) is 0 Å². The van der Waals surface area contributed by atoms with E-state index in [1.165, 1.54) is 16.7 Å². The van der Waals surface area contributed by atoms with Gasteiger partial charge in [-0.2, -0.15) is 0 Å². The van der Waals surface area contributed by atoms with Crippen molar-refractivity contribution in [2.45, 2.75) is 26.2 Å². The molecule has 1 nitrogen and oxygen atoms in total. The highest BCUT2D eigenvalue weighted by atomic mass is 14.9. The van der Waals surface area contributed by atoms with Crippen molar-refractivity contribution in [1.29, 1.82) is 0 Å². The van der Waals surface area contributed by atoms with Gasteiger partial charge in [-0.15, -0.1) is 0 Å². The smallest absolute Gasteiger partial charge is 0.0425 e. The Morgan fingerprint density at radius 2 is 1.30 bits per heavy atom. The van der Waals surface area contributed by atoms with Crippen molar-refractivity contribution in [3.8, 4) is 0 Å². The summed E-state index contributed by atoms with van der Waals surface area (Å²) in [5.41, 5.74) is 6.12. The molecule has 0 radical (unpaired) electrons. The second-order valence-corrected chi connectivity index (χ2v) is 6.53. The molecular formula is C22H23N. The van der Waals surface area contributed by atoms with Crippen molar-refractivity contribution < 1.29 is 0 Å². The topological polar surface area (TPSA) is 12.0 Å². The van der Waals surface area contributed by atoms with Crippen LogP contribution in [0, 0.1) is 6.92 Å². The number of nitrogens with one attached hydrogen (secondary N) is 1. The summed E-state index contributed by atoms with van der Waals surface area (Å²) in [4.78, 5) is 0. The van der Waals surface area contributed by atoms with Gasteiger partial charge in [-0.25, -0.2) is 0 Å². The molecule has 0 heterocycles. The Morgan fingerprint density at radius 1 is 0.696 bits per heavy atom. The minimum Gasteiger partial charge on any atom is -0.355 e. The van der Waals surface area contributed by atoms with Crippen LogP contribution < -0.4 is 5.32 Å². The van der Waals surface area contributed by atoms with Crippen LogP contribution in [0.5, 0.6) is 0 Å². The normalized spacial score (nSPS) is 11.3. The van der Waals surface area contributed by atoms with Crippen LogP contribution in [0.4, 0.5) is 11.4 Å². The van der Waals surface area contributed by atoms with E-state index in [4.69, 9.17) is 0 Å². The summed E-state index contributed by atoms with van der Waals surface area (Å²) in [5, 5.41) is 3.56. The molecule has 3 rings (SSSR count). The number of hydrogen-bond acceptors (Lipinski definition) is 1. The van der Waals surface area contributed by atoms with Gasteiger partial charge in [-0.3, -0.25) is 0 Å². The molecule has 1 heteroatoms. The zero-order valence-electron chi connectivity index (χ0n) is 14.0. The highest BCUT2D eigenvalue weighted by molar-refractivity contribution is 5.66. The molecule has 0 atom stereocenters. The highest BCUT2D eigenvalue weighted by Gasteiger charge is 2.25. The van der Waals surface area contributed by atoms with Gasteiger partial charge in [0, 0.05) is 16.8 Å². The molecule has 0 amide bonds. The third-order valence-electron chi connectivity index (χ3n) is 4.43. The predicted molar refractivity (Wildman–Crippen MR) is 99.5 cm³/mol. The summed E-state index contributed by atoms with van der Waals surface area (Å²) < 4.78 is 0. The van der Waals surface area contributed by atoms with Crippen LogP contribution in [0.2, 0.25) is 0 Å². The first kappa shape index (κ1) is 15.4. The minimum atomic E-state index is -0.0634. The van der Waals surface area contributed by atoms with Gasteiger partial charge >= 0.3 is 0 Å². The van der Waals surface area contributed by atoms with Gasteiger partial charge in [0.25, 0.3) is 0 Å². The van der Waals surface area contributed by atoms with E-state index in [-0.39, 0.29) is 5.41 Å². The van der Waals surface area contributed by atoms with E-state index in [1.54, 1.807) is 0 Å². The van der Waals surface area contributed by atoms with Crippen molar-refractivity contribution in [2.75, 3.05) is 5.32 Å². The maximum absolute atomic E-state index is 3.56. The molecule has 0 spiro atoms. The van der Waals surface area contributed by atoms with Crippen molar-refractivity contribution in [2.24, 2.45) is 0 Å². The number of anilines is 2. The molecular weight excluding hydrogens is 278 g/mol. The summed E-state index contributed by atoms with van der Waals surface area (Å²) >= 11 is 0. The van der Waals surface area contributed by atoms with Gasteiger partial charge in [0.1, 0.15) is 0 Å². The lowest BCUT2D eigenvalue weighted by molar-refractivity contribution is 0.643. The lowest BCUT2D eigenvalue weighted by atomic mass is 9.77. The van der Waals surface area contributed by atoms with Crippen LogP contribution in [-0.2, 0) is 5.41 Å². The van der Waals surface area contributed by atoms with Gasteiger partial charge in [-0.05, 0) is 36.2 Å². The molecule has 0 aromatic heterocycles. The molecule has 3 aromatic carbocycles. The van der Waals surface area contributed by atoms with Gasteiger partial charge in [0.15, 0.2) is 0 Å². The van der Waals surface area contributed by atoms with Gasteiger partial charge < -0.3 is 5.32 Å². The van der Waals surface area contributed by atoms with E-state index in [0.717, 1.165) is 11.4 Å². The van der Waals surface area contributed by atoms with Crippen LogP contribution in [0.1, 0.15) is 30.5 Å². The first-order valence-electron chi connectivity index (χ1n) is 8.06. The monoisotopic (exact) mass is 301 g/mol. The molecule has 116 valence electrons. The number of para-hydroxylation sites is 2. The molecule has 0 fully saturated rings. The Bertz CT molecular complexity index is 771. The Hall–Kier alpha value is -2.54. The zero-order valence-corrected chi connectivity index (χ0v) is 14.0. The Labute approximate surface area is 139 Å². The summed E-state index contributed by atoms with van der Waals surface area (Å²) in [7, 11) is 0. The first-order valence-corrected chi connectivity index (χ1v) is 8.06. The van der Waals surface area contributed by atoms with E-state index in [2.05, 4.69) is 98.9 Å². The minimum absolute atomic E-state index is 0.0634. The molecule has 0 aliphatic heterocycles. The SMILES string of the molecule is Cc1ccc(C(C)(C)c2ccccc2Nc2ccccc2)cc1. The standard InChI is InChI=1S/C22H23N/c1-17-13-15-18(16-14-17)22(2,3)20-11-7-8-12-21(20)23-19-9-5-4-6-10-19/h4-16,23H,1-3H3. The maximum Gasteiger partial charge on any atom is 0.0425 e. The van der Waals surface area contributed by atoms with Crippen LogP contribution in [0.15, 0.2) is 78.9 Å². The van der Waals surface area contributed by atoms with Crippen molar-refractivity contribution in [3.05, 3.63) is 95.6 Å². The lowest BCUT2D eigenvalue weighted by Crippen LogP contribution is -2.20.